The predicted molar refractivity (Wildman–Crippen MR) is 38.0 cm³/mol. The molecule has 0 bridgehead atoms. The number of hydrogen-bond acceptors (Lipinski definition) is 2. The van der Waals surface area contributed by atoms with E-state index in [9.17, 15) is 4.79 Å². The molecule has 57 valence electrons. The maximum atomic E-state index is 10.9. The second-order valence-corrected chi connectivity index (χ2v) is 2.80. The summed E-state index contributed by atoms with van der Waals surface area (Å²) < 4.78 is 4.40. The molecule has 0 aromatic carbocycles. The smallest absolute Gasteiger partial charge is 0.309 e. The van der Waals surface area contributed by atoms with E-state index in [1.807, 2.05) is 0 Å². The van der Waals surface area contributed by atoms with Gasteiger partial charge in [-0.1, -0.05) is 19.3 Å². The Morgan fingerprint density at radius 3 is 2.40 bits per heavy atom. The van der Waals surface area contributed by atoms with Gasteiger partial charge < -0.3 is 4.74 Å². The minimum absolute atomic E-state index is 0.125. The molecule has 0 unspecified atom stereocenters. The van der Waals surface area contributed by atoms with Gasteiger partial charge in [0.2, 0.25) is 0 Å². The van der Waals surface area contributed by atoms with Crippen LogP contribution in [0.15, 0.2) is 0 Å². The Morgan fingerprint density at radius 1 is 1.30 bits per heavy atom. The van der Waals surface area contributed by atoms with E-state index in [-0.39, 0.29) is 11.9 Å². The van der Waals surface area contributed by atoms with Gasteiger partial charge >= 0.3 is 5.97 Å². The van der Waals surface area contributed by atoms with Crippen molar-refractivity contribution in [2.24, 2.45) is 5.92 Å². The third-order valence-electron chi connectivity index (χ3n) is 2.08. The summed E-state index contributed by atoms with van der Waals surface area (Å²) in [6.07, 6.45) is 5.59. The molecule has 0 saturated heterocycles. The molecule has 2 heteroatoms. The Balaban J connectivity index is 2.31. The molecular formula is C8H13O2. The Hall–Kier alpha value is -0.530. The molecule has 0 aliphatic heterocycles. The van der Waals surface area contributed by atoms with Gasteiger partial charge in [0.25, 0.3) is 0 Å². The summed E-state index contributed by atoms with van der Waals surface area (Å²) in [5, 5.41) is 0. The first-order valence-electron chi connectivity index (χ1n) is 3.80. The zero-order valence-electron chi connectivity index (χ0n) is 6.14. The summed E-state index contributed by atoms with van der Waals surface area (Å²) in [5.41, 5.74) is 0. The summed E-state index contributed by atoms with van der Waals surface area (Å²) in [6.45, 7) is 0. The summed E-state index contributed by atoms with van der Waals surface area (Å²) >= 11 is 0. The van der Waals surface area contributed by atoms with Crippen LogP contribution in [0.3, 0.4) is 0 Å². The van der Waals surface area contributed by atoms with Crippen LogP contribution in [0.2, 0.25) is 0 Å². The average Bonchev–Trinajstić information content (AvgIpc) is 2.05. The molecule has 0 aromatic rings. The van der Waals surface area contributed by atoms with Crippen molar-refractivity contribution in [3.8, 4) is 0 Å². The summed E-state index contributed by atoms with van der Waals surface area (Å²) in [5.74, 6) is 0.0194. The quantitative estimate of drug-likeness (QED) is 0.521. The molecule has 0 spiro atoms. The van der Waals surface area contributed by atoms with Crippen molar-refractivity contribution in [3.63, 3.8) is 0 Å². The molecule has 0 heterocycles. The van der Waals surface area contributed by atoms with Crippen molar-refractivity contribution in [3.05, 3.63) is 7.11 Å². The second kappa shape index (κ2) is 3.59. The van der Waals surface area contributed by atoms with E-state index in [0.29, 0.717) is 0 Å². The first-order chi connectivity index (χ1) is 4.84. The van der Waals surface area contributed by atoms with E-state index in [1.165, 1.54) is 19.3 Å². The van der Waals surface area contributed by atoms with Crippen molar-refractivity contribution < 1.29 is 9.53 Å². The van der Waals surface area contributed by atoms with Gasteiger partial charge in [-0.15, -0.1) is 0 Å². The molecule has 10 heavy (non-hydrogen) atoms. The normalized spacial score (nSPS) is 20.5. The van der Waals surface area contributed by atoms with E-state index in [1.54, 1.807) is 0 Å². The molecule has 0 atom stereocenters. The fraction of sp³-hybridized carbons (Fsp3) is 0.750. The van der Waals surface area contributed by atoms with Crippen LogP contribution in [0.25, 0.3) is 0 Å². The van der Waals surface area contributed by atoms with Crippen molar-refractivity contribution in [1.29, 1.82) is 0 Å². The average molecular weight is 141 g/mol. The molecule has 1 aliphatic carbocycles. The number of hydrogen-bond donors (Lipinski definition) is 0. The van der Waals surface area contributed by atoms with E-state index < -0.39 is 0 Å². The lowest BCUT2D eigenvalue weighted by molar-refractivity contribution is -0.144. The topological polar surface area (TPSA) is 26.3 Å². The number of ether oxygens (including phenoxy) is 1. The summed E-state index contributed by atoms with van der Waals surface area (Å²) in [4.78, 5) is 10.9. The Morgan fingerprint density at radius 2 is 1.90 bits per heavy atom. The van der Waals surface area contributed by atoms with Gasteiger partial charge in [-0.25, -0.2) is 0 Å². The van der Waals surface area contributed by atoms with E-state index in [4.69, 9.17) is 0 Å². The molecule has 1 rings (SSSR count). The number of carbonyl (C=O) groups is 1. The molecule has 1 aliphatic rings. The fourth-order valence-electron chi connectivity index (χ4n) is 1.46. The van der Waals surface area contributed by atoms with Gasteiger partial charge in [0.1, 0.15) is 7.11 Å². The first kappa shape index (κ1) is 7.58. The highest BCUT2D eigenvalue weighted by Crippen LogP contribution is 2.24. The molecule has 0 N–H and O–H groups in total. The molecule has 0 aromatic heterocycles. The van der Waals surface area contributed by atoms with Crippen molar-refractivity contribution in [2.45, 2.75) is 32.1 Å². The standard InChI is InChI=1S/C8H13O2/c1-10-8(9)7-5-3-2-4-6-7/h7H,1-6H2. The SMILES string of the molecule is [CH2]OC(=O)C1CCCCC1. The van der Waals surface area contributed by atoms with Gasteiger partial charge in [-0.3, -0.25) is 4.79 Å². The van der Waals surface area contributed by atoms with Crippen LogP contribution in [0.4, 0.5) is 0 Å². The monoisotopic (exact) mass is 141 g/mol. The van der Waals surface area contributed by atoms with Crippen molar-refractivity contribution in [1.82, 2.24) is 0 Å². The lowest BCUT2D eigenvalue weighted by Crippen LogP contribution is -2.17. The van der Waals surface area contributed by atoms with Crippen molar-refractivity contribution >= 4 is 5.97 Å². The lowest BCUT2D eigenvalue weighted by Gasteiger charge is -2.18. The van der Waals surface area contributed by atoms with Crippen LogP contribution in [0, 0.1) is 13.0 Å². The summed E-state index contributed by atoms with van der Waals surface area (Å²) in [7, 11) is 3.11. The number of carbonyl (C=O) groups excluding carboxylic acids is 1. The van der Waals surface area contributed by atoms with Crippen LogP contribution >= 0.6 is 0 Å². The molecule has 1 radical (unpaired) electrons. The predicted octanol–water partition coefficient (Wildman–Crippen LogP) is 1.90. The molecule has 1 fully saturated rings. The zero-order valence-corrected chi connectivity index (χ0v) is 6.14. The highest BCUT2D eigenvalue weighted by Gasteiger charge is 2.20. The largest absolute Gasteiger partial charge is 0.462 e. The Bertz CT molecular complexity index is 114. The number of esters is 1. The van der Waals surface area contributed by atoms with Gasteiger partial charge in [0.15, 0.2) is 0 Å². The van der Waals surface area contributed by atoms with Crippen LogP contribution in [0.5, 0.6) is 0 Å². The van der Waals surface area contributed by atoms with Crippen LogP contribution in [-0.4, -0.2) is 5.97 Å². The Kier molecular flexibility index (Phi) is 2.72. The first-order valence-corrected chi connectivity index (χ1v) is 3.80. The third kappa shape index (κ3) is 1.72. The molecule has 1 saturated carbocycles. The molecular weight excluding hydrogens is 128 g/mol. The van der Waals surface area contributed by atoms with E-state index >= 15 is 0 Å². The van der Waals surface area contributed by atoms with E-state index in [0.717, 1.165) is 12.8 Å². The van der Waals surface area contributed by atoms with Crippen molar-refractivity contribution in [2.75, 3.05) is 0 Å². The fourth-order valence-corrected chi connectivity index (χ4v) is 1.46. The Labute approximate surface area is 61.6 Å². The minimum atomic E-state index is -0.125. The summed E-state index contributed by atoms with van der Waals surface area (Å²) in [6, 6.07) is 0. The maximum absolute atomic E-state index is 10.9. The molecule has 0 amide bonds. The highest BCUT2D eigenvalue weighted by molar-refractivity contribution is 5.72. The van der Waals surface area contributed by atoms with Crippen LogP contribution in [0.1, 0.15) is 32.1 Å². The maximum Gasteiger partial charge on any atom is 0.309 e. The highest BCUT2D eigenvalue weighted by atomic mass is 16.5. The third-order valence-corrected chi connectivity index (χ3v) is 2.08. The van der Waals surface area contributed by atoms with Gasteiger partial charge in [0, 0.05) is 0 Å². The van der Waals surface area contributed by atoms with Crippen LogP contribution in [-0.2, 0) is 9.53 Å². The second-order valence-electron chi connectivity index (χ2n) is 2.80. The lowest BCUT2D eigenvalue weighted by atomic mass is 9.89. The van der Waals surface area contributed by atoms with Gasteiger partial charge in [-0.2, -0.15) is 0 Å². The van der Waals surface area contributed by atoms with Gasteiger partial charge in [0.05, 0.1) is 5.92 Å². The molecule has 2 nitrogen and oxygen atoms in total. The van der Waals surface area contributed by atoms with Gasteiger partial charge in [-0.05, 0) is 12.8 Å². The van der Waals surface area contributed by atoms with E-state index in [2.05, 4.69) is 11.8 Å². The number of rotatable bonds is 1. The van der Waals surface area contributed by atoms with Crippen LogP contribution < -0.4 is 0 Å². The minimum Gasteiger partial charge on any atom is -0.462 e. The zero-order chi connectivity index (χ0) is 7.40.